The van der Waals surface area contributed by atoms with Crippen molar-refractivity contribution in [2.24, 2.45) is 12.2 Å². The van der Waals surface area contributed by atoms with Gasteiger partial charge in [-0.1, -0.05) is 0 Å². The van der Waals surface area contributed by atoms with Crippen LogP contribution in [-0.4, -0.2) is 46.4 Å². The van der Waals surface area contributed by atoms with Crippen molar-refractivity contribution in [3.8, 4) is 0 Å². The summed E-state index contributed by atoms with van der Waals surface area (Å²) in [6, 6.07) is 0. The summed E-state index contributed by atoms with van der Waals surface area (Å²) < 4.78 is 70.1. The van der Waals surface area contributed by atoms with Gasteiger partial charge in [-0.15, -0.1) is 0 Å². The first-order chi connectivity index (χ1) is 8.30. The normalized spacial score (nSPS) is 13.4. The Morgan fingerprint density at radius 3 is 2.21 bits per heavy atom. The predicted octanol–water partition coefficient (Wildman–Crippen LogP) is -2.19. The second-order valence-electron chi connectivity index (χ2n) is 3.82. The van der Waals surface area contributed by atoms with Gasteiger partial charge in [-0.25, -0.2) is 30.4 Å². The van der Waals surface area contributed by atoms with E-state index in [-0.39, 0.29) is 0 Å². The summed E-state index contributed by atoms with van der Waals surface area (Å²) in [5.41, 5.74) is 0. The van der Waals surface area contributed by atoms with Crippen LogP contribution in [0, 0.1) is 0 Å². The molecular weight excluding hydrogens is 320 g/mol. The third-order valence-electron chi connectivity index (χ3n) is 1.72. The Kier molecular flexibility index (Phi) is 3.96. The largest absolute Gasteiger partial charge is 0.272 e. The minimum atomic E-state index is -4.30. The number of aromatic nitrogens is 2. The van der Waals surface area contributed by atoms with E-state index in [0.717, 1.165) is 17.1 Å². The van der Waals surface area contributed by atoms with Crippen LogP contribution >= 0.6 is 0 Å². The quantitative estimate of drug-likeness (QED) is 0.619. The molecule has 1 aromatic heterocycles. The van der Waals surface area contributed by atoms with Crippen LogP contribution in [-0.2, 0) is 36.9 Å². The van der Waals surface area contributed by atoms with Crippen molar-refractivity contribution in [1.29, 1.82) is 0 Å². The number of sulfonamides is 2. The maximum atomic E-state index is 11.5. The Bertz CT molecular complexity index is 788. The van der Waals surface area contributed by atoms with Crippen LogP contribution in [0.2, 0.25) is 0 Å². The highest BCUT2D eigenvalue weighted by Gasteiger charge is 2.24. The highest BCUT2D eigenvalue weighted by molar-refractivity contribution is 8.08. The Morgan fingerprint density at radius 2 is 1.79 bits per heavy atom. The third kappa shape index (κ3) is 4.77. The van der Waals surface area contributed by atoms with Crippen molar-refractivity contribution in [2.45, 2.75) is 4.90 Å². The lowest BCUT2D eigenvalue weighted by atomic mass is 10.7. The zero-order chi connectivity index (χ0) is 15.1. The molecule has 1 aromatic rings. The number of anilines is 1. The smallest absolute Gasteiger partial charge is 0.248 e. The number of nitrogens with zero attached hydrogens (tertiary/aromatic N) is 2. The molecule has 0 spiro atoms. The first-order valence-corrected chi connectivity index (χ1v) is 9.81. The van der Waals surface area contributed by atoms with Gasteiger partial charge in [0.1, 0.15) is 4.90 Å². The molecule has 0 bridgehead atoms. The van der Waals surface area contributed by atoms with Crippen LogP contribution in [0.1, 0.15) is 0 Å². The van der Waals surface area contributed by atoms with E-state index < -0.39 is 45.7 Å². The molecule has 0 fully saturated rings. The van der Waals surface area contributed by atoms with E-state index in [9.17, 15) is 25.3 Å². The summed E-state index contributed by atoms with van der Waals surface area (Å²) in [5.74, 6) is -0.548. The maximum absolute atomic E-state index is 11.5. The SMILES string of the molecule is Cn1cc(S(N)(=O)=O)c(NS(=O)(=O)CS(C)(=O)=O)n1. The molecule has 0 aliphatic carbocycles. The Labute approximate surface area is 110 Å². The number of sulfone groups is 1. The molecule has 0 aromatic carbocycles. The molecule has 3 N–H and O–H groups in total. The molecule has 19 heavy (non-hydrogen) atoms. The topological polar surface area (TPSA) is 158 Å². The number of rotatable bonds is 5. The Hall–Kier alpha value is -1.18. The molecule has 0 aliphatic rings. The van der Waals surface area contributed by atoms with E-state index in [1.54, 1.807) is 4.72 Å². The third-order valence-corrected chi connectivity index (χ3v) is 6.09. The van der Waals surface area contributed by atoms with Gasteiger partial charge in [0.25, 0.3) is 0 Å². The van der Waals surface area contributed by atoms with Gasteiger partial charge in [0, 0.05) is 19.5 Å². The van der Waals surface area contributed by atoms with Gasteiger partial charge in [0.15, 0.2) is 20.7 Å². The number of nitrogens with one attached hydrogen (secondary N) is 1. The number of hydrogen-bond acceptors (Lipinski definition) is 7. The second kappa shape index (κ2) is 4.73. The van der Waals surface area contributed by atoms with Crippen LogP contribution in [0.4, 0.5) is 5.82 Å². The van der Waals surface area contributed by atoms with Crippen LogP contribution < -0.4 is 9.86 Å². The summed E-state index contributed by atoms with van der Waals surface area (Å²) in [5, 5.41) is 7.25. The van der Waals surface area contributed by atoms with E-state index in [0.29, 0.717) is 0 Å². The molecule has 1 heterocycles. The van der Waals surface area contributed by atoms with Gasteiger partial charge < -0.3 is 0 Å². The fraction of sp³-hybridized carbons (Fsp3) is 0.500. The number of hydrogen-bond donors (Lipinski definition) is 2. The van der Waals surface area contributed by atoms with Gasteiger partial charge in [-0.3, -0.25) is 9.40 Å². The first kappa shape index (κ1) is 15.9. The molecule has 0 saturated heterocycles. The predicted molar refractivity (Wildman–Crippen MR) is 66.8 cm³/mol. The molecule has 0 aliphatic heterocycles. The molecule has 13 heteroatoms. The minimum absolute atomic E-state index is 0.548. The fourth-order valence-corrected chi connectivity index (χ4v) is 4.87. The van der Waals surface area contributed by atoms with Crippen molar-refractivity contribution in [3.05, 3.63) is 6.20 Å². The molecule has 10 nitrogen and oxygen atoms in total. The molecule has 0 unspecified atom stereocenters. The number of nitrogens with two attached hydrogens (primary N) is 1. The van der Waals surface area contributed by atoms with Gasteiger partial charge in [-0.2, -0.15) is 5.10 Å². The van der Waals surface area contributed by atoms with Gasteiger partial charge in [0.05, 0.1) is 0 Å². The number of aryl methyl sites for hydroxylation is 1. The zero-order valence-corrected chi connectivity index (χ0v) is 12.4. The van der Waals surface area contributed by atoms with Crippen molar-refractivity contribution >= 4 is 35.7 Å². The molecule has 1 rings (SSSR count). The van der Waals surface area contributed by atoms with Crippen molar-refractivity contribution in [3.63, 3.8) is 0 Å². The summed E-state index contributed by atoms with van der Waals surface area (Å²) >= 11 is 0. The highest BCUT2D eigenvalue weighted by atomic mass is 32.3. The summed E-state index contributed by atoms with van der Waals surface area (Å²) in [6.45, 7) is 0. The van der Waals surface area contributed by atoms with Crippen LogP contribution in [0.15, 0.2) is 11.1 Å². The monoisotopic (exact) mass is 332 g/mol. The van der Waals surface area contributed by atoms with E-state index >= 15 is 0 Å². The molecule has 0 radical (unpaired) electrons. The molecule has 0 atom stereocenters. The van der Waals surface area contributed by atoms with E-state index in [4.69, 9.17) is 5.14 Å². The lowest BCUT2D eigenvalue weighted by Gasteiger charge is -2.05. The van der Waals surface area contributed by atoms with Gasteiger partial charge in [-0.05, 0) is 0 Å². The standard InChI is InChI=1S/C6H12N4O6S3/c1-10-3-5(19(7,15)16)6(8-10)9-18(13,14)4-17(2,11)12/h3H,4H2,1-2H3,(H,8,9)(H2,7,15,16). The summed E-state index contributed by atoms with van der Waals surface area (Å²) in [6.07, 6.45) is 1.72. The Morgan fingerprint density at radius 1 is 1.26 bits per heavy atom. The molecule has 110 valence electrons. The average molecular weight is 332 g/mol. The van der Waals surface area contributed by atoms with Gasteiger partial charge >= 0.3 is 0 Å². The zero-order valence-electron chi connectivity index (χ0n) is 9.93. The lowest BCUT2D eigenvalue weighted by Crippen LogP contribution is -2.24. The fourth-order valence-electron chi connectivity index (χ4n) is 1.20. The van der Waals surface area contributed by atoms with Crippen molar-refractivity contribution in [1.82, 2.24) is 9.78 Å². The summed E-state index contributed by atoms with van der Waals surface area (Å²) in [4.78, 5) is -0.549. The molecular formula is C6H12N4O6S3. The van der Waals surface area contributed by atoms with E-state index in [1.165, 1.54) is 7.05 Å². The highest BCUT2D eigenvalue weighted by Crippen LogP contribution is 2.18. The maximum Gasteiger partial charge on any atom is 0.248 e. The first-order valence-electron chi connectivity index (χ1n) is 4.55. The van der Waals surface area contributed by atoms with Crippen molar-refractivity contribution in [2.75, 3.05) is 16.1 Å². The summed E-state index contributed by atoms with van der Waals surface area (Å²) in [7, 11) is -10.9. The van der Waals surface area contributed by atoms with Crippen LogP contribution in [0.25, 0.3) is 0 Å². The van der Waals surface area contributed by atoms with Crippen LogP contribution in [0.3, 0.4) is 0 Å². The molecule has 0 amide bonds. The minimum Gasteiger partial charge on any atom is -0.272 e. The molecule has 0 saturated carbocycles. The second-order valence-corrected chi connectivity index (χ2v) is 9.58. The van der Waals surface area contributed by atoms with Crippen molar-refractivity contribution < 1.29 is 25.3 Å². The van der Waals surface area contributed by atoms with E-state index in [2.05, 4.69) is 5.10 Å². The Balaban J connectivity index is 3.21. The average Bonchev–Trinajstić information content (AvgIpc) is 2.39. The van der Waals surface area contributed by atoms with Gasteiger partial charge in [0.2, 0.25) is 20.0 Å². The lowest BCUT2D eigenvalue weighted by molar-refractivity contribution is 0.594. The van der Waals surface area contributed by atoms with E-state index in [1.807, 2.05) is 0 Å². The number of primary sulfonamides is 1. The van der Waals surface area contributed by atoms with Crippen LogP contribution in [0.5, 0.6) is 0 Å².